The van der Waals surface area contributed by atoms with Crippen LogP contribution in [0.2, 0.25) is 0 Å². The first kappa shape index (κ1) is 16.3. The van der Waals surface area contributed by atoms with Crippen LogP contribution in [0.5, 0.6) is 5.75 Å². The average molecular weight is 337 g/mol. The minimum absolute atomic E-state index is 0.0425. The summed E-state index contributed by atoms with van der Waals surface area (Å²) in [5, 5.41) is 0. The van der Waals surface area contributed by atoms with E-state index >= 15 is 0 Å². The van der Waals surface area contributed by atoms with Gasteiger partial charge in [0.1, 0.15) is 12.4 Å². The maximum Gasteiger partial charge on any atom is 0.182 e. The van der Waals surface area contributed by atoms with Crippen LogP contribution < -0.4 is 4.74 Å². The molecule has 0 heterocycles. The zero-order valence-corrected chi connectivity index (χ0v) is 13.9. The largest absolute Gasteiger partial charge is 0.489 e. The molecule has 0 spiro atoms. The van der Waals surface area contributed by atoms with E-state index < -0.39 is 9.84 Å². The molecule has 3 aromatic rings. The minimum atomic E-state index is -3.38. The third kappa shape index (κ3) is 4.03. The van der Waals surface area contributed by atoms with Gasteiger partial charge < -0.3 is 4.74 Å². The molecule has 0 unspecified atom stereocenters. The van der Waals surface area contributed by atoms with E-state index in [9.17, 15) is 8.42 Å². The third-order valence-corrected chi connectivity index (χ3v) is 5.33. The van der Waals surface area contributed by atoms with Crippen LogP contribution in [0.3, 0.4) is 0 Å². The van der Waals surface area contributed by atoms with Crippen LogP contribution in [0, 0.1) is 6.07 Å². The summed E-state index contributed by atoms with van der Waals surface area (Å²) in [6.45, 7) is 0.324. The fourth-order valence-corrected chi connectivity index (χ4v) is 3.81. The van der Waals surface area contributed by atoms with Gasteiger partial charge in [0, 0.05) is 0 Å². The molecule has 0 aliphatic rings. The van der Waals surface area contributed by atoms with Gasteiger partial charge in [0.15, 0.2) is 9.84 Å². The lowest BCUT2D eigenvalue weighted by atomic mass is 10.1. The number of rotatable bonds is 6. The van der Waals surface area contributed by atoms with E-state index in [1.54, 1.807) is 42.5 Å². The van der Waals surface area contributed by atoms with Crippen molar-refractivity contribution in [2.24, 2.45) is 0 Å². The fraction of sp³-hybridized carbons (Fsp3) is 0.100. The third-order valence-electron chi connectivity index (χ3n) is 3.65. The molecule has 0 N–H and O–H groups in total. The molecule has 3 aromatic carbocycles. The molecule has 0 saturated heterocycles. The highest BCUT2D eigenvalue weighted by atomic mass is 32.2. The highest BCUT2D eigenvalue weighted by Crippen LogP contribution is 2.20. The maximum absolute atomic E-state index is 12.6. The number of sulfone groups is 1. The van der Waals surface area contributed by atoms with E-state index in [4.69, 9.17) is 4.74 Å². The van der Waals surface area contributed by atoms with Crippen LogP contribution in [-0.4, -0.2) is 8.42 Å². The van der Waals surface area contributed by atoms with Crippen molar-refractivity contribution in [1.82, 2.24) is 0 Å². The zero-order chi connectivity index (χ0) is 16.8. The van der Waals surface area contributed by atoms with Crippen molar-refractivity contribution < 1.29 is 13.2 Å². The first-order chi connectivity index (χ1) is 11.6. The lowest BCUT2D eigenvalue weighted by Gasteiger charge is -2.11. The van der Waals surface area contributed by atoms with Gasteiger partial charge in [0.25, 0.3) is 0 Å². The Morgan fingerprint density at radius 3 is 2.12 bits per heavy atom. The van der Waals surface area contributed by atoms with Crippen LogP contribution in [-0.2, 0) is 22.2 Å². The summed E-state index contributed by atoms with van der Waals surface area (Å²) in [6.07, 6.45) is 0. The van der Waals surface area contributed by atoms with Gasteiger partial charge in [-0.25, -0.2) is 8.42 Å². The van der Waals surface area contributed by atoms with Gasteiger partial charge in [-0.3, -0.25) is 0 Å². The highest BCUT2D eigenvalue weighted by Gasteiger charge is 2.17. The zero-order valence-electron chi connectivity index (χ0n) is 13.1. The molecule has 0 amide bonds. The van der Waals surface area contributed by atoms with Gasteiger partial charge in [-0.2, -0.15) is 0 Å². The molecule has 0 bridgehead atoms. The van der Waals surface area contributed by atoms with Crippen molar-refractivity contribution in [3.8, 4) is 5.75 Å². The summed E-state index contributed by atoms with van der Waals surface area (Å²) >= 11 is 0. The van der Waals surface area contributed by atoms with Crippen molar-refractivity contribution in [2.45, 2.75) is 17.3 Å². The Morgan fingerprint density at radius 2 is 1.42 bits per heavy atom. The molecule has 0 aliphatic carbocycles. The number of ether oxygens (including phenoxy) is 1. The Hall–Kier alpha value is -2.59. The molecule has 0 atom stereocenters. The summed E-state index contributed by atoms with van der Waals surface area (Å²) in [5.41, 5.74) is 1.62. The summed E-state index contributed by atoms with van der Waals surface area (Å²) in [6, 6.07) is 26.1. The van der Waals surface area contributed by atoms with E-state index in [-0.39, 0.29) is 5.75 Å². The molecule has 0 saturated carbocycles. The fourth-order valence-electron chi connectivity index (χ4n) is 2.38. The predicted molar refractivity (Wildman–Crippen MR) is 93.4 cm³/mol. The van der Waals surface area contributed by atoms with Crippen molar-refractivity contribution in [3.05, 3.63) is 96.1 Å². The minimum Gasteiger partial charge on any atom is -0.489 e. The Morgan fingerprint density at radius 1 is 0.792 bits per heavy atom. The van der Waals surface area contributed by atoms with Gasteiger partial charge >= 0.3 is 0 Å². The van der Waals surface area contributed by atoms with E-state index in [2.05, 4.69) is 6.07 Å². The molecule has 4 heteroatoms. The van der Waals surface area contributed by atoms with Crippen molar-refractivity contribution in [1.29, 1.82) is 0 Å². The average Bonchev–Trinajstić information content (AvgIpc) is 2.62. The molecule has 0 aromatic heterocycles. The quantitative estimate of drug-likeness (QED) is 0.682. The van der Waals surface area contributed by atoms with Crippen molar-refractivity contribution in [3.63, 3.8) is 0 Å². The van der Waals surface area contributed by atoms with Gasteiger partial charge in [-0.15, -0.1) is 0 Å². The maximum atomic E-state index is 12.6. The highest BCUT2D eigenvalue weighted by molar-refractivity contribution is 7.90. The Kier molecular flexibility index (Phi) is 4.96. The van der Waals surface area contributed by atoms with Gasteiger partial charge in [-0.1, -0.05) is 54.6 Å². The molecule has 0 fully saturated rings. The molecule has 3 nitrogen and oxygen atoms in total. The number of hydrogen-bond donors (Lipinski definition) is 0. The van der Waals surface area contributed by atoms with E-state index in [0.29, 0.717) is 11.5 Å². The number of benzene rings is 3. The van der Waals surface area contributed by atoms with Crippen LogP contribution >= 0.6 is 0 Å². The smallest absolute Gasteiger partial charge is 0.182 e. The molecule has 0 aliphatic heterocycles. The first-order valence-electron chi connectivity index (χ1n) is 7.59. The lowest BCUT2D eigenvalue weighted by molar-refractivity contribution is 0.305. The van der Waals surface area contributed by atoms with E-state index in [0.717, 1.165) is 16.9 Å². The van der Waals surface area contributed by atoms with Gasteiger partial charge in [0.2, 0.25) is 0 Å². The summed E-state index contributed by atoms with van der Waals surface area (Å²) in [5.74, 6) is 0.688. The van der Waals surface area contributed by atoms with Crippen LogP contribution in [0.25, 0.3) is 0 Å². The molecular weight excluding hydrogens is 320 g/mol. The Balaban J connectivity index is 1.79. The van der Waals surface area contributed by atoms with Crippen LogP contribution in [0.15, 0.2) is 83.8 Å². The van der Waals surface area contributed by atoms with Gasteiger partial charge in [-0.05, 0) is 41.5 Å². The normalized spacial score (nSPS) is 11.2. The predicted octanol–water partition coefficient (Wildman–Crippen LogP) is 4.04. The summed E-state index contributed by atoms with van der Waals surface area (Å²) in [7, 11) is -3.38. The lowest BCUT2D eigenvalue weighted by Crippen LogP contribution is -2.08. The molecule has 121 valence electrons. The molecule has 3 rings (SSSR count). The Labute approximate surface area is 142 Å². The van der Waals surface area contributed by atoms with Crippen molar-refractivity contribution >= 4 is 9.84 Å². The second-order valence-corrected chi connectivity index (χ2v) is 7.35. The second kappa shape index (κ2) is 7.32. The van der Waals surface area contributed by atoms with Crippen LogP contribution in [0.1, 0.15) is 11.1 Å². The number of hydrogen-bond acceptors (Lipinski definition) is 3. The van der Waals surface area contributed by atoms with Gasteiger partial charge in [0.05, 0.1) is 10.6 Å². The first-order valence-corrected chi connectivity index (χ1v) is 9.24. The molecule has 1 radical (unpaired) electrons. The van der Waals surface area contributed by atoms with E-state index in [1.807, 2.05) is 36.4 Å². The standard InChI is InChI=1S/C20H17O3S/c21-24(22,20-13-5-2-6-14-20)16-18-10-8-7-9-17(18)15-23-19-11-3-1-4-12-19/h2-14H,15-16H2. The molecule has 24 heavy (non-hydrogen) atoms. The second-order valence-electron chi connectivity index (χ2n) is 5.37. The summed E-state index contributed by atoms with van der Waals surface area (Å²) < 4.78 is 30.9. The van der Waals surface area contributed by atoms with Crippen LogP contribution in [0.4, 0.5) is 0 Å². The monoisotopic (exact) mass is 337 g/mol. The van der Waals surface area contributed by atoms with Crippen molar-refractivity contribution in [2.75, 3.05) is 0 Å². The van der Waals surface area contributed by atoms with E-state index in [1.165, 1.54) is 0 Å². The summed E-state index contributed by atoms with van der Waals surface area (Å²) in [4.78, 5) is 0.333. The SMILES string of the molecule is O=S(=O)(Cc1ccccc1COc1cc[c]cc1)c1ccccc1. The molecular formula is C20H17O3S. The topological polar surface area (TPSA) is 43.4 Å². The Bertz CT molecular complexity index is 888.